The van der Waals surface area contributed by atoms with Gasteiger partial charge in [0.05, 0.1) is 19.3 Å². The number of hydrogen-bond donors (Lipinski definition) is 10. The minimum absolute atomic E-state index is 0.742. The van der Waals surface area contributed by atoms with Gasteiger partial charge in [0.15, 0.2) is 18.7 Å². The topological polar surface area (TPSA) is 266 Å². The van der Waals surface area contributed by atoms with E-state index in [9.17, 15) is 55.9 Å². The molecule has 0 bridgehead atoms. The summed E-state index contributed by atoms with van der Waals surface area (Å²) in [6, 6.07) is 0. The first-order valence-electron chi connectivity index (χ1n) is 10.9. The van der Waals surface area contributed by atoms with Gasteiger partial charge in [-0.15, -0.1) is 0 Å². The van der Waals surface area contributed by atoms with Crippen molar-refractivity contribution >= 4 is 5.97 Å². The number of aliphatic carboxylic acids is 1. The third-order valence-electron chi connectivity index (χ3n) is 6.32. The van der Waals surface area contributed by atoms with Crippen molar-refractivity contribution in [1.82, 2.24) is 0 Å². The minimum atomic E-state index is -1.90. The minimum Gasteiger partial charge on any atom is -0.479 e. The van der Waals surface area contributed by atoms with Crippen molar-refractivity contribution in [3.05, 3.63) is 0 Å². The van der Waals surface area contributed by atoms with Crippen LogP contribution in [0.2, 0.25) is 0 Å². The van der Waals surface area contributed by atoms with E-state index in [1.165, 1.54) is 6.92 Å². The van der Waals surface area contributed by atoms with E-state index in [0.717, 1.165) is 0 Å². The fourth-order valence-electron chi connectivity index (χ4n) is 4.24. The molecule has 10 N–H and O–H groups in total. The van der Waals surface area contributed by atoms with Crippen molar-refractivity contribution < 1.29 is 79.5 Å². The van der Waals surface area contributed by atoms with Crippen molar-refractivity contribution in [2.45, 2.75) is 98.9 Å². The molecular formula is C19H32O16. The first kappa shape index (κ1) is 28.5. The van der Waals surface area contributed by atoms with Crippen LogP contribution in [0.5, 0.6) is 0 Å². The van der Waals surface area contributed by atoms with Crippen LogP contribution in [0.1, 0.15) is 6.92 Å². The Hall–Kier alpha value is -1.09. The molecule has 16 nitrogen and oxygen atoms in total. The lowest BCUT2D eigenvalue weighted by molar-refractivity contribution is -0.360. The number of ether oxygens (including phenoxy) is 5. The van der Waals surface area contributed by atoms with Crippen LogP contribution >= 0.6 is 0 Å². The van der Waals surface area contributed by atoms with Crippen LogP contribution in [0.4, 0.5) is 0 Å². The third-order valence-corrected chi connectivity index (χ3v) is 6.32. The van der Waals surface area contributed by atoms with Crippen LogP contribution in [0, 0.1) is 0 Å². The predicted octanol–water partition coefficient (Wildman–Crippen LogP) is -6.41. The molecule has 204 valence electrons. The summed E-state index contributed by atoms with van der Waals surface area (Å²) in [6.07, 6.45) is -25.0. The first-order valence-corrected chi connectivity index (χ1v) is 10.9. The van der Waals surface area contributed by atoms with Gasteiger partial charge in [-0.2, -0.15) is 0 Å². The van der Waals surface area contributed by atoms with Gasteiger partial charge in [-0.3, -0.25) is 0 Å². The molecule has 0 aromatic rings. The maximum Gasteiger partial charge on any atom is 0.335 e. The second-order valence-corrected chi connectivity index (χ2v) is 8.69. The Morgan fingerprint density at radius 2 is 1.09 bits per heavy atom. The van der Waals surface area contributed by atoms with Crippen LogP contribution in [0.15, 0.2) is 0 Å². The average Bonchev–Trinajstić information content (AvgIpc) is 2.82. The van der Waals surface area contributed by atoms with Gasteiger partial charge < -0.3 is 74.7 Å². The Bertz CT molecular complexity index is 706. The molecule has 0 aromatic heterocycles. The van der Waals surface area contributed by atoms with Gasteiger partial charge in [-0.1, -0.05) is 0 Å². The van der Waals surface area contributed by atoms with Crippen LogP contribution in [0.25, 0.3) is 0 Å². The van der Waals surface area contributed by atoms with Gasteiger partial charge >= 0.3 is 5.97 Å². The molecule has 15 unspecified atom stereocenters. The van der Waals surface area contributed by atoms with Crippen LogP contribution in [0.3, 0.4) is 0 Å². The van der Waals surface area contributed by atoms with E-state index in [1.807, 2.05) is 0 Å². The smallest absolute Gasteiger partial charge is 0.335 e. The van der Waals surface area contributed by atoms with E-state index in [4.69, 9.17) is 23.7 Å². The fraction of sp³-hybridized carbons (Fsp3) is 0.947. The van der Waals surface area contributed by atoms with E-state index in [2.05, 4.69) is 0 Å². The monoisotopic (exact) mass is 516 g/mol. The van der Waals surface area contributed by atoms with Crippen LogP contribution < -0.4 is 0 Å². The van der Waals surface area contributed by atoms with Gasteiger partial charge in [-0.05, 0) is 6.92 Å². The highest BCUT2D eigenvalue weighted by Crippen LogP contribution is 2.32. The van der Waals surface area contributed by atoms with Gasteiger partial charge in [-0.25, -0.2) is 4.79 Å². The highest BCUT2D eigenvalue weighted by molar-refractivity contribution is 5.73. The summed E-state index contributed by atoms with van der Waals surface area (Å²) >= 11 is 0. The molecule has 16 heteroatoms. The van der Waals surface area contributed by atoms with E-state index >= 15 is 0 Å². The average molecular weight is 516 g/mol. The van der Waals surface area contributed by atoms with Gasteiger partial charge in [0.1, 0.15) is 67.1 Å². The molecule has 0 amide bonds. The van der Waals surface area contributed by atoms with Crippen molar-refractivity contribution in [3.63, 3.8) is 0 Å². The van der Waals surface area contributed by atoms with E-state index in [-0.39, 0.29) is 0 Å². The Kier molecular flexibility index (Phi) is 9.38. The lowest BCUT2D eigenvalue weighted by atomic mass is 9.93. The lowest BCUT2D eigenvalue weighted by Crippen LogP contribution is -2.66. The standard InChI is InChI=1S/C19H32O16/c1-4-14(34-18-11(26)9(24)7(22)5(2-20)32-18)13(28)15(16(31-4)17(29)30)35-19-12(27)10(25)8(23)6(3-21)33-19/h4-16,18-28H,2-3H2,1H3,(H,29,30). The summed E-state index contributed by atoms with van der Waals surface area (Å²) in [6.45, 7) is -0.192. The lowest BCUT2D eigenvalue weighted by Gasteiger charge is -2.47. The summed E-state index contributed by atoms with van der Waals surface area (Å²) in [7, 11) is 0. The van der Waals surface area contributed by atoms with Crippen molar-refractivity contribution in [2.75, 3.05) is 13.2 Å². The van der Waals surface area contributed by atoms with E-state index < -0.39 is 111 Å². The molecular weight excluding hydrogens is 484 g/mol. The molecule has 35 heavy (non-hydrogen) atoms. The van der Waals surface area contributed by atoms with E-state index in [0.29, 0.717) is 0 Å². The van der Waals surface area contributed by atoms with Crippen molar-refractivity contribution in [1.29, 1.82) is 0 Å². The summed E-state index contributed by atoms with van der Waals surface area (Å²) in [5.41, 5.74) is 0. The van der Waals surface area contributed by atoms with Gasteiger partial charge in [0, 0.05) is 0 Å². The highest BCUT2D eigenvalue weighted by Gasteiger charge is 2.54. The fourth-order valence-corrected chi connectivity index (χ4v) is 4.24. The SMILES string of the molecule is CC1OC(C(=O)O)C(OC2OC(CO)C(O)C(O)C2O)C(O)C1OC1OC(CO)C(O)C(O)C1O. The number of carbonyl (C=O) groups is 1. The Labute approximate surface area is 198 Å². The number of hydrogen-bond acceptors (Lipinski definition) is 15. The Morgan fingerprint density at radius 3 is 1.49 bits per heavy atom. The zero-order chi connectivity index (χ0) is 26.2. The van der Waals surface area contributed by atoms with Crippen LogP contribution in [-0.4, -0.2) is 162 Å². The number of aliphatic hydroxyl groups is 9. The first-order chi connectivity index (χ1) is 16.4. The molecule has 15 atom stereocenters. The number of carboxylic acid groups (broad SMARTS) is 1. The molecule has 0 saturated carbocycles. The Morgan fingerprint density at radius 1 is 0.657 bits per heavy atom. The highest BCUT2D eigenvalue weighted by atomic mass is 16.7. The molecule has 3 saturated heterocycles. The van der Waals surface area contributed by atoms with Gasteiger partial charge in [0.2, 0.25) is 0 Å². The molecule has 3 aliphatic rings. The van der Waals surface area contributed by atoms with Crippen LogP contribution in [-0.2, 0) is 28.5 Å². The van der Waals surface area contributed by atoms with E-state index in [1.54, 1.807) is 0 Å². The molecule has 3 aliphatic heterocycles. The zero-order valence-electron chi connectivity index (χ0n) is 18.5. The molecule has 3 heterocycles. The summed E-state index contributed by atoms with van der Waals surface area (Å²) in [4.78, 5) is 11.8. The quantitative estimate of drug-likeness (QED) is 0.151. The number of aliphatic hydroxyl groups excluding tert-OH is 9. The number of rotatable bonds is 7. The van der Waals surface area contributed by atoms with Gasteiger partial charge in [0.25, 0.3) is 0 Å². The predicted molar refractivity (Wildman–Crippen MR) is 105 cm³/mol. The van der Waals surface area contributed by atoms with Crippen molar-refractivity contribution in [3.8, 4) is 0 Å². The summed E-state index contributed by atoms with van der Waals surface area (Å²) in [5.74, 6) is -1.57. The second-order valence-electron chi connectivity index (χ2n) is 8.69. The molecule has 0 radical (unpaired) electrons. The Balaban J connectivity index is 1.80. The molecule has 3 rings (SSSR count). The molecule has 0 aromatic carbocycles. The summed E-state index contributed by atoms with van der Waals surface area (Å²) in [5, 5.41) is 99.3. The maximum absolute atomic E-state index is 11.8. The summed E-state index contributed by atoms with van der Waals surface area (Å²) < 4.78 is 26.8. The molecule has 3 fully saturated rings. The molecule has 0 aliphatic carbocycles. The third kappa shape index (κ3) is 5.60. The van der Waals surface area contributed by atoms with Crippen molar-refractivity contribution in [2.24, 2.45) is 0 Å². The largest absolute Gasteiger partial charge is 0.479 e. The zero-order valence-corrected chi connectivity index (χ0v) is 18.5. The normalized spacial score (nSPS) is 51.2. The second kappa shape index (κ2) is 11.5. The number of carboxylic acids is 1. The maximum atomic E-state index is 11.8. The molecule has 0 spiro atoms.